The van der Waals surface area contributed by atoms with E-state index in [0.717, 1.165) is 11.1 Å². The molecule has 3 aromatic carbocycles. The molecule has 40 heavy (non-hydrogen) atoms. The maximum absolute atomic E-state index is 14.0. The first-order chi connectivity index (χ1) is 19.2. The van der Waals surface area contributed by atoms with Crippen LogP contribution in [-0.4, -0.2) is 35.8 Å². The fourth-order valence-electron chi connectivity index (χ4n) is 4.77. The second-order valence-electron chi connectivity index (χ2n) is 9.45. The van der Waals surface area contributed by atoms with Crippen LogP contribution in [0, 0.1) is 5.82 Å². The monoisotopic (exact) mass is 582 g/mol. The molecule has 0 saturated heterocycles. The summed E-state index contributed by atoms with van der Waals surface area (Å²) in [5.41, 5.74) is 3.49. The largest absolute Gasteiger partial charge is 0.463 e. The Hall–Kier alpha value is -3.68. The van der Waals surface area contributed by atoms with Crippen LogP contribution in [0.1, 0.15) is 53.2 Å². The number of halogens is 3. The van der Waals surface area contributed by atoms with Crippen molar-refractivity contribution in [2.45, 2.75) is 39.2 Å². The van der Waals surface area contributed by atoms with E-state index in [9.17, 15) is 18.8 Å². The average Bonchev–Trinajstić information content (AvgIpc) is 2.92. The predicted molar refractivity (Wildman–Crippen MR) is 153 cm³/mol. The molecule has 0 aromatic heterocycles. The van der Waals surface area contributed by atoms with Gasteiger partial charge in [-0.1, -0.05) is 53.5 Å². The van der Waals surface area contributed by atoms with Gasteiger partial charge in [0.15, 0.2) is 0 Å². The minimum absolute atomic E-state index is 0.00701. The maximum atomic E-state index is 14.0. The fourth-order valence-corrected chi connectivity index (χ4v) is 5.27. The van der Waals surface area contributed by atoms with Crippen molar-refractivity contribution in [3.8, 4) is 0 Å². The van der Waals surface area contributed by atoms with E-state index in [1.807, 2.05) is 6.07 Å². The molecule has 0 radical (unpaired) electrons. The van der Waals surface area contributed by atoms with Crippen LogP contribution in [0.25, 0.3) is 0 Å². The van der Waals surface area contributed by atoms with E-state index in [2.05, 4.69) is 5.32 Å². The lowest BCUT2D eigenvalue weighted by atomic mass is 9.83. The smallest absolute Gasteiger partial charge is 0.336 e. The molecule has 208 valence electrons. The van der Waals surface area contributed by atoms with Gasteiger partial charge in [-0.3, -0.25) is 9.59 Å². The van der Waals surface area contributed by atoms with Gasteiger partial charge >= 0.3 is 5.97 Å². The van der Waals surface area contributed by atoms with Crippen molar-refractivity contribution in [3.63, 3.8) is 0 Å². The van der Waals surface area contributed by atoms with E-state index < -0.39 is 17.7 Å². The number of carbonyl (C=O) groups is 3. The number of amides is 2. The maximum Gasteiger partial charge on any atom is 0.336 e. The van der Waals surface area contributed by atoms with Crippen LogP contribution >= 0.6 is 23.2 Å². The molecule has 0 bridgehead atoms. The number of esters is 1. The minimum atomic E-state index is -0.604. The highest BCUT2D eigenvalue weighted by Gasteiger charge is 2.37. The zero-order valence-corrected chi connectivity index (χ0v) is 23.7. The van der Waals surface area contributed by atoms with Crippen LogP contribution in [0.15, 0.2) is 78.0 Å². The third-order valence-electron chi connectivity index (χ3n) is 6.82. The van der Waals surface area contributed by atoms with Crippen molar-refractivity contribution in [2.75, 3.05) is 13.2 Å². The summed E-state index contributed by atoms with van der Waals surface area (Å²) in [4.78, 5) is 40.3. The third kappa shape index (κ3) is 6.90. The van der Waals surface area contributed by atoms with Gasteiger partial charge in [0, 0.05) is 40.2 Å². The highest BCUT2D eigenvalue weighted by molar-refractivity contribution is 6.35. The molecule has 0 saturated carbocycles. The summed E-state index contributed by atoms with van der Waals surface area (Å²) in [5.74, 6) is -2.00. The molecular weight excluding hydrogens is 554 g/mol. The van der Waals surface area contributed by atoms with Crippen LogP contribution in [0.4, 0.5) is 4.39 Å². The molecule has 3 aromatic rings. The number of nitrogens with zero attached hydrogens (tertiary/aromatic N) is 1. The van der Waals surface area contributed by atoms with Crippen molar-refractivity contribution < 1.29 is 23.5 Å². The van der Waals surface area contributed by atoms with Gasteiger partial charge in [0.1, 0.15) is 5.82 Å². The van der Waals surface area contributed by atoms with E-state index in [1.54, 1.807) is 62.4 Å². The summed E-state index contributed by atoms with van der Waals surface area (Å²) < 4.78 is 19.3. The van der Waals surface area contributed by atoms with Crippen molar-refractivity contribution in [3.05, 3.63) is 116 Å². The van der Waals surface area contributed by atoms with Crippen LogP contribution in [0.5, 0.6) is 0 Å². The molecular formula is C31H29Cl2FN2O4. The molecule has 1 aliphatic rings. The first kappa shape index (κ1) is 29.3. The number of carbonyl (C=O) groups excluding carboxylic acids is 3. The Kier molecular flexibility index (Phi) is 9.61. The third-order valence-corrected chi connectivity index (χ3v) is 7.41. The molecule has 2 amide bonds. The van der Waals surface area contributed by atoms with E-state index >= 15 is 0 Å². The molecule has 1 heterocycles. The summed E-state index contributed by atoms with van der Waals surface area (Å²) in [6.07, 6.45) is 0.564. The van der Waals surface area contributed by atoms with Gasteiger partial charge in [-0.15, -0.1) is 0 Å². The van der Waals surface area contributed by atoms with Crippen molar-refractivity contribution in [1.29, 1.82) is 0 Å². The number of benzene rings is 3. The van der Waals surface area contributed by atoms with Crippen LogP contribution in [0.2, 0.25) is 10.0 Å². The zero-order valence-electron chi connectivity index (χ0n) is 22.2. The first-order valence-corrected chi connectivity index (χ1v) is 13.7. The highest BCUT2D eigenvalue weighted by atomic mass is 35.5. The van der Waals surface area contributed by atoms with Crippen LogP contribution in [-0.2, 0) is 27.3 Å². The van der Waals surface area contributed by atoms with Gasteiger partial charge in [-0.25, -0.2) is 9.18 Å². The standard InChI is InChI=1S/C31H29Cl2FN2O4/c1-3-40-31(39)29-19(2)36(28(37)17-26(29)23-5-4-6-25(34)15-23)18-20-7-9-22(10-8-20)30(38)35-14-13-21-11-12-24(32)16-27(21)33/h4-12,15-16,26H,3,13-14,17-18H2,1-2H3,(H,35,38). The van der Waals surface area contributed by atoms with E-state index in [1.165, 1.54) is 17.0 Å². The summed E-state index contributed by atoms with van der Waals surface area (Å²) in [5, 5.41) is 3.98. The van der Waals surface area contributed by atoms with E-state index in [0.29, 0.717) is 45.4 Å². The Morgan fingerprint density at radius 2 is 1.82 bits per heavy atom. The second-order valence-corrected chi connectivity index (χ2v) is 10.3. The van der Waals surface area contributed by atoms with Gasteiger partial charge in [0.05, 0.1) is 18.7 Å². The lowest BCUT2D eigenvalue weighted by Gasteiger charge is -2.34. The second kappa shape index (κ2) is 13.1. The number of ether oxygens (including phenoxy) is 1. The van der Waals surface area contributed by atoms with Gasteiger partial charge in [0.25, 0.3) is 5.91 Å². The molecule has 1 unspecified atom stereocenters. The van der Waals surface area contributed by atoms with Crippen molar-refractivity contribution in [1.82, 2.24) is 10.2 Å². The number of nitrogens with one attached hydrogen (secondary N) is 1. The van der Waals surface area contributed by atoms with E-state index in [-0.39, 0.29) is 31.4 Å². The molecule has 6 nitrogen and oxygen atoms in total. The Morgan fingerprint density at radius 1 is 1.07 bits per heavy atom. The normalized spacial score (nSPS) is 15.3. The molecule has 1 N–H and O–H groups in total. The quantitative estimate of drug-likeness (QED) is 0.294. The van der Waals surface area contributed by atoms with Crippen LogP contribution < -0.4 is 5.32 Å². The highest BCUT2D eigenvalue weighted by Crippen LogP contribution is 2.38. The Balaban J connectivity index is 1.46. The number of allylic oxidation sites excluding steroid dienone is 1. The molecule has 9 heteroatoms. The Labute approximate surface area is 242 Å². The lowest BCUT2D eigenvalue weighted by Crippen LogP contribution is -2.38. The van der Waals surface area contributed by atoms with Crippen LogP contribution in [0.3, 0.4) is 0 Å². The molecule has 0 spiro atoms. The Morgan fingerprint density at radius 3 is 2.50 bits per heavy atom. The van der Waals surface area contributed by atoms with Crippen molar-refractivity contribution in [2.24, 2.45) is 0 Å². The summed E-state index contributed by atoms with van der Waals surface area (Å²) in [7, 11) is 0. The zero-order chi connectivity index (χ0) is 28.8. The van der Waals surface area contributed by atoms with Gasteiger partial charge in [0.2, 0.25) is 5.91 Å². The SMILES string of the molecule is CCOC(=O)C1=C(C)N(Cc2ccc(C(=O)NCCc3ccc(Cl)cc3Cl)cc2)C(=O)CC1c1cccc(F)c1. The fraction of sp³-hybridized carbons (Fsp3) is 0.258. The molecule has 4 rings (SSSR count). The van der Waals surface area contributed by atoms with Gasteiger partial charge in [-0.05, 0) is 73.4 Å². The molecule has 1 atom stereocenters. The molecule has 0 fully saturated rings. The number of rotatable bonds is 9. The van der Waals surface area contributed by atoms with Crippen molar-refractivity contribution >= 4 is 41.0 Å². The minimum Gasteiger partial charge on any atom is -0.463 e. The number of hydrogen-bond donors (Lipinski definition) is 1. The number of hydrogen-bond acceptors (Lipinski definition) is 4. The predicted octanol–water partition coefficient (Wildman–Crippen LogP) is 6.46. The Bertz CT molecular complexity index is 1460. The summed E-state index contributed by atoms with van der Waals surface area (Å²) in [6.45, 7) is 4.19. The average molecular weight is 583 g/mol. The summed E-state index contributed by atoms with van der Waals surface area (Å²) >= 11 is 12.1. The van der Waals surface area contributed by atoms with Gasteiger partial charge in [-0.2, -0.15) is 0 Å². The molecule has 1 aliphatic heterocycles. The lowest BCUT2D eigenvalue weighted by molar-refractivity contribution is -0.140. The topological polar surface area (TPSA) is 75.7 Å². The molecule has 0 aliphatic carbocycles. The van der Waals surface area contributed by atoms with E-state index in [4.69, 9.17) is 27.9 Å². The van der Waals surface area contributed by atoms with Gasteiger partial charge < -0.3 is 15.0 Å². The summed E-state index contributed by atoms with van der Waals surface area (Å²) in [6, 6.07) is 18.1. The first-order valence-electron chi connectivity index (χ1n) is 12.9.